The number of hydrogen-bond donors (Lipinski definition) is 0. The Kier molecular flexibility index (Phi) is 3.35. The predicted octanol–water partition coefficient (Wildman–Crippen LogP) is 4.20. The Hall–Kier alpha value is -1.70. The molecule has 0 amide bonds. The van der Waals surface area contributed by atoms with Crippen LogP contribution in [0.3, 0.4) is 0 Å². The van der Waals surface area contributed by atoms with Gasteiger partial charge in [-0.1, -0.05) is 47.6 Å². The summed E-state index contributed by atoms with van der Waals surface area (Å²) in [5, 5.41) is 5.69. The van der Waals surface area contributed by atoms with Crippen LogP contribution in [0.25, 0.3) is 21.2 Å². The Bertz CT molecular complexity index is 484. The Morgan fingerprint density at radius 1 is 1.00 bits per heavy atom. The lowest BCUT2D eigenvalue weighted by molar-refractivity contribution is 1.51. The number of hydrogen-bond acceptors (Lipinski definition) is 1. The number of azide groups is 1. The van der Waals surface area contributed by atoms with Crippen LogP contribution in [0.5, 0.6) is 0 Å². The van der Waals surface area contributed by atoms with Crippen molar-refractivity contribution in [3.63, 3.8) is 0 Å². The summed E-state index contributed by atoms with van der Waals surface area (Å²) >= 11 is 0. The average molecular weight is 206 g/mol. The second kappa shape index (κ2) is 4.51. The van der Waals surface area contributed by atoms with Gasteiger partial charge in [-0.2, -0.15) is 0 Å². The van der Waals surface area contributed by atoms with Crippen LogP contribution < -0.4 is 0 Å². The van der Waals surface area contributed by atoms with Crippen molar-refractivity contribution in [3.05, 3.63) is 52.9 Å². The lowest BCUT2D eigenvalue weighted by atomic mass is 10.1. The van der Waals surface area contributed by atoms with Gasteiger partial charge in [0.2, 0.25) is 0 Å². The van der Waals surface area contributed by atoms with E-state index in [0.29, 0.717) is 5.69 Å². The van der Waals surface area contributed by atoms with Gasteiger partial charge in [-0.3, -0.25) is 0 Å². The Morgan fingerprint density at radius 2 is 1.71 bits per heavy atom. The van der Waals surface area contributed by atoms with E-state index in [1.54, 1.807) is 0 Å². The van der Waals surface area contributed by atoms with E-state index >= 15 is 0 Å². The third-order valence-corrected chi connectivity index (χ3v) is 1.92. The Balaban J connectivity index is 0.000000980. The van der Waals surface area contributed by atoms with Crippen molar-refractivity contribution in [2.75, 3.05) is 0 Å². The zero-order chi connectivity index (χ0) is 9.10. The molecule has 0 aliphatic rings. The van der Waals surface area contributed by atoms with Crippen molar-refractivity contribution < 1.29 is 0 Å². The maximum atomic E-state index is 8.34. The molecule has 0 aliphatic heterocycles. The van der Waals surface area contributed by atoms with Crippen LogP contribution in [0.2, 0.25) is 0 Å². The smallest absolute Gasteiger partial charge is 0.0453 e. The normalized spacial score (nSPS) is 8.86. The van der Waals surface area contributed by atoms with Gasteiger partial charge in [0.15, 0.2) is 0 Å². The van der Waals surface area contributed by atoms with Crippen molar-refractivity contribution in [2.45, 2.75) is 0 Å². The second-order valence-corrected chi connectivity index (χ2v) is 2.69. The fraction of sp³-hybridized carbons (Fsp3) is 0. The molecule has 0 unspecified atom stereocenters. The molecule has 0 atom stereocenters. The summed E-state index contributed by atoms with van der Waals surface area (Å²) < 4.78 is 0. The maximum absolute atomic E-state index is 8.34. The monoisotopic (exact) mass is 205 g/mol. The first-order valence-corrected chi connectivity index (χ1v) is 3.94. The summed E-state index contributed by atoms with van der Waals surface area (Å²) in [6.45, 7) is 0. The molecule has 3 nitrogen and oxygen atoms in total. The van der Waals surface area contributed by atoms with E-state index in [1.807, 2.05) is 42.5 Å². The molecule has 2 aromatic carbocycles. The van der Waals surface area contributed by atoms with E-state index in [2.05, 4.69) is 10.0 Å². The molecule has 0 spiro atoms. The second-order valence-electron chi connectivity index (χ2n) is 2.69. The largest absolute Gasteiger partial charge is 0.147 e. The summed E-state index contributed by atoms with van der Waals surface area (Å²) in [7, 11) is 0. The van der Waals surface area contributed by atoms with Gasteiger partial charge >= 0.3 is 0 Å². The highest BCUT2D eigenvalue weighted by Gasteiger charge is 1.95. The summed E-state index contributed by atoms with van der Waals surface area (Å²) in [4.78, 5) is 2.78. The summed E-state index contributed by atoms with van der Waals surface area (Å²) in [6.07, 6.45) is 0. The highest BCUT2D eigenvalue weighted by molar-refractivity contribution is 5.92. The molecule has 0 saturated heterocycles. The number of benzene rings is 2. The van der Waals surface area contributed by atoms with Crippen LogP contribution in [-0.4, -0.2) is 0 Å². The van der Waals surface area contributed by atoms with Gasteiger partial charge in [-0.15, -0.1) is 12.4 Å². The van der Waals surface area contributed by atoms with Crippen molar-refractivity contribution in [1.82, 2.24) is 0 Å². The van der Waals surface area contributed by atoms with E-state index in [1.165, 1.54) is 0 Å². The van der Waals surface area contributed by atoms with E-state index in [4.69, 9.17) is 5.53 Å². The average Bonchev–Trinajstić information content (AvgIpc) is 2.19. The molecule has 70 valence electrons. The van der Waals surface area contributed by atoms with Crippen LogP contribution in [0.4, 0.5) is 5.69 Å². The van der Waals surface area contributed by atoms with Crippen molar-refractivity contribution in [3.8, 4) is 0 Å². The molecule has 0 bridgehead atoms. The Labute approximate surface area is 87.4 Å². The molecule has 0 radical (unpaired) electrons. The first kappa shape index (κ1) is 10.4. The lowest BCUT2D eigenvalue weighted by Gasteiger charge is -1.98. The Morgan fingerprint density at radius 3 is 2.50 bits per heavy atom. The van der Waals surface area contributed by atoms with Gasteiger partial charge in [0, 0.05) is 10.6 Å². The van der Waals surface area contributed by atoms with Crippen LogP contribution in [0, 0.1) is 0 Å². The van der Waals surface area contributed by atoms with Gasteiger partial charge < -0.3 is 0 Å². The molecule has 2 aromatic rings. The standard InChI is InChI=1S/C10H7N3.ClH/c11-13-12-10-7-3-5-8-4-1-2-6-9(8)10;/h1-7H;1H. The van der Waals surface area contributed by atoms with Gasteiger partial charge in [0.25, 0.3) is 0 Å². The molecule has 0 N–H and O–H groups in total. The van der Waals surface area contributed by atoms with E-state index in [0.717, 1.165) is 10.8 Å². The molecule has 0 aromatic heterocycles. The zero-order valence-corrected chi connectivity index (χ0v) is 8.11. The molecule has 0 aliphatic carbocycles. The first-order chi connectivity index (χ1) is 6.42. The summed E-state index contributed by atoms with van der Waals surface area (Å²) in [6, 6.07) is 13.5. The van der Waals surface area contributed by atoms with E-state index < -0.39 is 0 Å². The van der Waals surface area contributed by atoms with Gasteiger partial charge in [-0.25, -0.2) is 0 Å². The van der Waals surface area contributed by atoms with E-state index in [-0.39, 0.29) is 12.4 Å². The van der Waals surface area contributed by atoms with Gasteiger partial charge in [0.05, 0.1) is 0 Å². The number of rotatable bonds is 1. The fourth-order valence-electron chi connectivity index (χ4n) is 1.34. The molecule has 14 heavy (non-hydrogen) atoms. The third kappa shape index (κ3) is 1.79. The van der Waals surface area contributed by atoms with Gasteiger partial charge in [0.1, 0.15) is 0 Å². The molecule has 0 saturated carbocycles. The van der Waals surface area contributed by atoms with Crippen LogP contribution in [-0.2, 0) is 0 Å². The predicted molar refractivity (Wildman–Crippen MR) is 60.0 cm³/mol. The lowest BCUT2D eigenvalue weighted by Crippen LogP contribution is -1.70. The minimum absolute atomic E-state index is 0. The molecule has 0 heterocycles. The quantitative estimate of drug-likeness (QED) is 0.381. The van der Waals surface area contributed by atoms with Crippen molar-refractivity contribution in [2.24, 2.45) is 5.11 Å². The maximum Gasteiger partial charge on any atom is 0.0453 e. The molecule has 2 rings (SSSR count). The molecule has 4 heteroatoms. The summed E-state index contributed by atoms with van der Waals surface area (Å²) in [5.74, 6) is 0. The zero-order valence-electron chi connectivity index (χ0n) is 7.29. The minimum Gasteiger partial charge on any atom is -0.147 e. The molecular formula is C10H8ClN3. The summed E-state index contributed by atoms with van der Waals surface area (Å²) in [5.41, 5.74) is 9.02. The molecule has 0 fully saturated rings. The SMILES string of the molecule is Cl.[N-]=[N+]=Nc1cccc2ccccc12. The van der Waals surface area contributed by atoms with E-state index in [9.17, 15) is 0 Å². The van der Waals surface area contributed by atoms with Crippen LogP contribution >= 0.6 is 12.4 Å². The van der Waals surface area contributed by atoms with Crippen LogP contribution in [0.15, 0.2) is 47.6 Å². The van der Waals surface area contributed by atoms with Crippen molar-refractivity contribution >= 4 is 28.9 Å². The fourth-order valence-corrected chi connectivity index (χ4v) is 1.34. The highest BCUT2D eigenvalue weighted by atomic mass is 35.5. The first-order valence-electron chi connectivity index (χ1n) is 3.94. The topological polar surface area (TPSA) is 48.8 Å². The number of fused-ring (bicyclic) bond motifs is 1. The van der Waals surface area contributed by atoms with Crippen molar-refractivity contribution in [1.29, 1.82) is 0 Å². The van der Waals surface area contributed by atoms with Gasteiger partial charge in [-0.05, 0) is 16.3 Å². The minimum atomic E-state index is 0. The third-order valence-electron chi connectivity index (χ3n) is 1.92. The highest BCUT2D eigenvalue weighted by Crippen LogP contribution is 2.25. The number of nitrogens with zero attached hydrogens (tertiary/aromatic N) is 3. The number of halogens is 1. The molecular weight excluding hydrogens is 198 g/mol. The van der Waals surface area contributed by atoms with Crippen LogP contribution in [0.1, 0.15) is 0 Å².